The standard InChI is InChI=1S/C15H22BrNS/c1-11(10-12-6-8-13(16)9-7-12)17-14-4-3-5-15(14)18-2/h6-9,11,14-15,17H,3-5,10H2,1-2H3. The third kappa shape index (κ3) is 4.01. The van der Waals surface area contributed by atoms with Crippen LogP contribution in [-0.4, -0.2) is 23.6 Å². The van der Waals surface area contributed by atoms with E-state index in [1.54, 1.807) is 0 Å². The molecular weight excluding hydrogens is 306 g/mol. The lowest BCUT2D eigenvalue weighted by molar-refractivity contribution is 0.454. The SMILES string of the molecule is CSC1CCCC1NC(C)Cc1ccc(Br)cc1. The minimum absolute atomic E-state index is 0.559. The van der Waals surface area contributed by atoms with Gasteiger partial charge in [0.25, 0.3) is 0 Å². The van der Waals surface area contributed by atoms with Gasteiger partial charge in [0.15, 0.2) is 0 Å². The molecule has 3 atom stereocenters. The lowest BCUT2D eigenvalue weighted by Gasteiger charge is -2.24. The van der Waals surface area contributed by atoms with Crippen molar-refractivity contribution in [1.29, 1.82) is 0 Å². The van der Waals surface area contributed by atoms with E-state index in [-0.39, 0.29) is 0 Å². The van der Waals surface area contributed by atoms with E-state index in [0.29, 0.717) is 12.1 Å². The van der Waals surface area contributed by atoms with Gasteiger partial charge in [0.2, 0.25) is 0 Å². The number of rotatable bonds is 5. The van der Waals surface area contributed by atoms with E-state index >= 15 is 0 Å². The van der Waals surface area contributed by atoms with E-state index in [0.717, 1.165) is 16.1 Å². The molecule has 1 N–H and O–H groups in total. The van der Waals surface area contributed by atoms with Crippen molar-refractivity contribution in [2.75, 3.05) is 6.26 Å². The fourth-order valence-electron chi connectivity index (χ4n) is 2.80. The lowest BCUT2D eigenvalue weighted by atomic mass is 10.1. The highest BCUT2D eigenvalue weighted by Gasteiger charge is 2.27. The number of hydrogen-bond donors (Lipinski definition) is 1. The van der Waals surface area contributed by atoms with E-state index in [9.17, 15) is 0 Å². The summed E-state index contributed by atoms with van der Waals surface area (Å²) in [5.41, 5.74) is 1.41. The van der Waals surface area contributed by atoms with Crippen LogP contribution in [0.25, 0.3) is 0 Å². The molecule has 2 rings (SSSR count). The summed E-state index contributed by atoms with van der Waals surface area (Å²) in [7, 11) is 0. The van der Waals surface area contributed by atoms with E-state index < -0.39 is 0 Å². The molecule has 0 spiro atoms. The predicted molar refractivity (Wildman–Crippen MR) is 85.4 cm³/mol. The highest BCUT2D eigenvalue weighted by molar-refractivity contribution is 9.10. The normalized spacial score (nSPS) is 25.3. The van der Waals surface area contributed by atoms with Crippen molar-refractivity contribution in [3.63, 3.8) is 0 Å². The first kappa shape index (κ1) is 14.4. The Labute approximate surface area is 123 Å². The smallest absolute Gasteiger partial charge is 0.0198 e. The Balaban J connectivity index is 1.84. The third-order valence-electron chi connectivity index (χ3n) is 3.71. The van der Waals surface area contributed by atoms with Crippen molar-refractivity contribution in [2.45, 2.75) is 49.9 Å². The minimum Gasteiger partial charge on any atom is -0.310 e. The van der Waals surface area contributed by atoms with Crippen LogP contribution in [0.15, 0.2) is 28.7 Å². The van der Waals surface area contributed by atoms with E-state index in [2.05, 4.69) is 58.7 Å². The summed E-state index contributed by atoms with van der Waals surface area (Å²) in [4.78, 5) is 0. The zero-order valence-corrected chi connectivity index (χ0v) is 13.6. The summed E-state index contributed by atoms with van der Waals surface area (Å²) < 4.78 is 1.16. The molecule has 3 heteroatoms. The molecule has 0 aliphatic heterocycles. The van der Waals surface area contributed by atoms with Gasteiger partial charge >= 0.3 is 0 Å². The molecule has 0 radical (unpaired) electrons. The Kier molecular flexibility index (Phi) is 5.58. The Morgan fingerprint density at radius 3 is 2.72 bits per heavy atom. The number of nitrogens with one attached hydrogen (secondary N) is 1. The van der Waals surface area contributed by atoms with Crippen LogP contribution in [-0.2, 0) is 6.42 Å². The maximum atomic E-state index is 3.81. The average molecular weight is 328 g/mol. The van der Waals surface area contributed by atoms with Gasteiger partial charge in [-0.25, -0.2) is 0 Å². The topological polar surface area (TPSA) is 12.0 Å². The van der Waals surface area contributed by atoms with Crippen molar-refractivity contribution in [1.82, 2.24) is 5.32 Å². The van der Waals surface area contributed by atoms with Crippen molar-refractivity contribution < 1.29 is 0 Å². The van der Waals surface area contributed by atoms with Crippen LogP contribution in [0, 0.1) is 0 Å². The molecule has 1 nitrogen and oxygen atoms in total. The molecule has 0 amide bonds. The second-order valence-electron chi connectivity index (χ2n) is 5.21. The van der Waals surface area contributed by atoms with Crippen LogP contribution in [0.4, 0.5) is 0 Å². The van der Waals surface area contributed by atoms with Crippen LogP contribution in [0.2, 0.25) is 0 Å². The molecule has 1 saturated carbocycles. The average Bonchev–Trinajstić information content (AvgIpc) is 2.79. The quantitative estimate of drug-likeness (QED) is 0.867. The van der Waals surface area contributed by atoms with E-state index in [4.69, 9.17) is 0 Å². The van der Waals surface area contributed by atoms with Crippen molar-refractivity contribution in [3.8, 4) is 0 Å². The van der Waals surface area contributed by atoms with Crippen LogP contribution in [0.5, 0.6) is 0 Å². The van der Waals surface area contributed by atoms with Gasteiger partial charge in [-0.2, -0.15) is 11.8 Å². The van der Waals surface area contributed by atoms with Gasteiger partial charge in [0.05, 0.1) is 0 Å². The summed E-state index contributed by atoms with van der Waals surface area (Å²) in [6, 6.07) is 9.95. The second kappa shape index (κ2) is 6.97. The molecule has 1 fully saturated rings. The van der Waals surface area contributed by atoms with Crippen LogP contribution in [0.3, 0.4) is 0 Å². The summed E-state index contributed by atoms with van der Waals surface area (Å²) in [6.45, 7) is 2.30. The Bertz CT molecular complexity index is 365. The molecule has 1 aliphatic carbocycles. The largest absolute Gasteiger partial charge is 0.310 e. The number of benzene rings is 1. The molecule has 0 heterocycles. The highest BCUT2D eigenvalue weighted by atomic mass is 79.9. The molecule has 18 heavy (non-hydrogen) atoms. The molecule has 1 aromatic carbocycles. The van der Waals surface area contributed by atoms with Crippen LogP contribution in [0.1, 0.15) is 31.7 Å². The Hall–Kier alpha value is 0.01000. The number of halogens is 1. The van der Waals surface area contributed by atoms with Gasteiger partial charge in [0.1, 0.15) is 0 Å². The molecular formula is C15H22BrNS. The van der Waals surface area contributed by atoms with Gasteiger partial charge in [-0.05, 0) is 50.1 Å². The Morgan fingerprint density at radius 2 is 2.06 bits per heavy atom. The molecule has 1 aromatic rings. The first-order valence-corrected chi connectivity index (χ1v) is 8.80. The summed E-state index contributed by atoms with van der Waals surface area (Å²) in [5.74, 6) is 0. The van der Waals surface area contributed by atoms with Crippen molar-refractivity contribution in [3.05, 3.63) is 34.3 Å². The second-order valence-corrected chi connectivity index (χ2v) is 7.20. The molecule has 0 saturated heterocycles. The van der Waals surface area contributed by atoms with E-state index in [1.165, 1.54) is 24.8 Å². The van der Waals surface area contributed by atoms with E-state index in [1.807, 2.05) is 11.8 Å². The Morgan fingerprint density at radius 1 is 1.33 bits per heavy atom. The first-order chi connectivity index (χ1) is 8.69. The summed E-state index contributed by atoms with van der Waals surface area (Å²) in [6.07, 6.45) is 7.46. The highest BCUT2D eigenvalue weighted by Crippen LogP contribution is 2.28. The maximum absolute atomic E-state index is 3.81. The molecule has 0 bridgehead atoms. The summed E-state index contributed by atoms with van der Waals surface area (Å²) in [5, 5.41) is 4.63. The van der Waals surface area contributed by atoms with Gasteiger partial charge < -0.3 is 5.32 Å². The predicted octanol–water partition coefficient (Wildman–Crippen LogP) is 4.25. The molecule has 0 aromatic heterocycles. The third-order valence-corrected chi connectivity index (χ3v) is 5.41. The molecule has 1 aliphatic rings. The lowest BCUT2D eigenvalue weighted by Crippen LogP contribution is -2.41. The maximum Gasteiger partial charge on any atom is 0.0198 e. The van der Waals surface area contributed by atoms with Crippen LogP contribution >= 0.6 is 27.7 Å². The zero-order valence-electron chi connectivity index (χ0n) is 11.2. The van der Waals surface area contributed by atoms with Gasteiger partial charge in [-0.1, -0.05) is 34.5 Å². The fraction of sp³-hybridized carbons (Fsp3) is 0.600. The number of thioether (sulfide) groups is 1. The summed E-state index contributed by atoms with van der Waals surface area (Å²) >= 11 is 5.50. The van der Waals surface area contributed by atoms with Gasteiger partial charge in [0, 0.05) is 21.8 Å². The molecule has 3 unspecified atom stereocenters. The fourth-order valence-corrected chi connectivity index (χ4v) is 4.01. The van der Waals surface area contributed by atoms with Gasteiger partial charge in [-0.15, -0.1) is 0 Å². The molecule has 100 valence electrons. The van der Waals surface area contributed by atoms with Crippen LogP contribution < -0.4 is 5.32 Å². The first-order valence-electron chi connectivity index (χ1n) is 6.72. The van der Waals surface area contributed by atoms with Crippen molar-refractivity contribution >= 4 is 27.7 Å². The minimum atomic E-state index is 0.559. The van der Waals surface area contributed by atoms with Crippen molar-refractivity contribution in [2.24, 2.45) is 0 Å². The van der Waals surface area contributed by atoms with Gasteiger partial charge in [-0.3, -0.25) is 0 Å². The number of hydrogen-bond acceptors (Lipinski definition) is 2. The zero-order chi connectivity index (χ0) is 13.0. The monoisotopic (exact) mass is 327 g/mol.